The summed E-state index contributed by atoms with van der Waals surface area (Å²) < 4.78 is 40.7. The molecule has 1 unspecified atom stereocenters. The number of anilines is 3. The highest BCUT2D eigenvalue weighted by Gasteiger charge is 2.34. The molecular formula is C39H43N5O10S. The molecule has 3 aromatic carbocycles. The second kappa shape index (κ2) is 16.9. The highest BCUT2D eigenvalue weighted by atomic mass is 32.2. The molecule has 0 aliphatic rings. The maximum absolute atomic E-state index is 13.3. The molecule has 0 radical (unpaired) electrons. The number of rotatable bonds is 11. The number of hydrogen-bond acceptors (Lipinski definition) is 12. The van der Waals surface area contributed by atoms with Crippen LogP contribution in [-0.2, 0) is 35.3 Å². The zero-order chi connectivity index (χ0) is 40.7. The Kier molecular flexibility index (Phi) is 12.7. The number of aromatic nitrogens is 1. The van der Waals surface area contributed by atoms with Gasteiger partial charge in [-0.3, -0.25) is 5.32 Å². The van der Waals surface area contributed by atoms with E-state index >= 15 is 0 Å². The van der Waals surface area contributed by atoms with Gasteiger partial charge in [0.1, 0.15) is 17.3 Å². The molecule has 0 spiro atoms. The van der Waals surface area contributed by atoms with E-state index in [9.17, 15) is 38.0 Å². The lowest BCUT2D eigenvalue weighted by atomic mass is 10.0. The Balaban J connectivity index is 1.45. The number of carboxylic acids is 1. The van der Waals surface area contributed by atoms with Crippen LogP contribution < -0.4 is 15.5 Å². The van der Waals surface area contributed by atoms with Crippen LogP contribution in [0.1, 0.15) is 71.2 Å². The van der Waals surface area contributed by atoms with E-state index in [0.29, 0.717) is 28.4 Å². The number of nitrogens with zero attached hydrogens (tertiary/aromatic N) is 3. The number of nitriles is 1. The van der Waals surface area contributed by atoms with E-state index in [-0.39, 0.29) is 34.3 Å². The Morgan fingerprint density at radius 1 is 0.891 bits per heavy atom. The summed E-state index contributed by atoms with van der Waals surface area (Å²) in [5, 5.41) is 26.0. The van der Waals surface area contributed by atoms with E-state index < -0.39 is 51.3 Å². The van der Waals surface area contributed by atoms with Gasteiger partial charge in [-0.05, 0) is 101 Å². The van der Waals surface area contributed by atoms with Gasteiger partial charge >= 0.3 is 24.2 Å². The maximum atomic E-state index is 13.3. The molecule has 15 nitrogen and oxygen atoms in total. The lowest BCUT2D eigenvalue weighted by Gasteiger charge is -2.28. The third kappa shape index (κ3) is 11.2. The SMILES string of the molecule is CCS(=O)(=O)c1ccc(NC(=O)OCCc2ccc(C(Nc3ccc4c(N(C(=O)OC(C)(C)C)C(=O)OC(C)(C)C)nccc4c3)C(=O)O)cc2)cc1C#N. The number of hydrogen-bond donors (Lipinski definition) is 3. The molecule has 4 rings (SSSR count). The van der Waals surface area contributed by atoms with E-state index in [0.717, 1.165) is 10.5 Å². The van der Waals surface area contributed by atoms with Crippen molar-refractivity contribution < 1.29 is 46.9 Å². The van der Waals surface area contributed by atoms with E-state index in [1.165, 1.54) is 31.3 Å². The van der Waals surface area contributed by atoms with Crippen molar-refractivity contribution >= 4 is 62.1 Å². The van der Waals surface area contributed by atoms with Crippen molar-refractivity contribution in [2.45, 2.75) is 77.0 Å². The summed E-state index contributed by atoms with van der Waals surface area (Å²) in [6, 6.07) is 17.8. The van der Waals surface area contributed by atoms with Gasteiger partial charge < -0.3 is 24.6 Å². The number of carbonyl (C=O) groups is 4. The topological polar surface area (TPSA) is 214 Å². The van der Waals surface area contributed by atoms with Crippen LogP contribution in [0.25, 0.3) is 10.8 Å². The van der Waals surface area contributed by atoms with Gasteiger partial charge in [0, 0.05) is 29.4 Å². The number of ether oxygens (including phenoxy) is 3. The summed E-state index contributed by atoms with van der Waals surface area (Å²) >= 11 is 0. The van der Waals surface area contributed by atoms with Crippen molar-refractivity contribution in [2.24, 2.45) is 0 Å². The number of amides is 3. The minimum atomic E-state index is -3.62. The second-order valence-corrected chi connectivity index (χ2v) is 16.5. The maximum Gasteiger partial charge on any atom is 0.425 e. The molecule has 55 heavy (non-hydrogen) atoms. The minimum absolute atomic E-state index is 0.0214. The number of pyridine rings is 1. The van der Waals surface area contributed by atoms with E-state index in [4.69, 9.17) is 14.2 Å². The average Bonchev–Trinajstić information content (AvgIpc) is 3.09. The lowest BCUT2D eigenvalue weighted by molar-refractivity contribution is -0.138. The molecule has 16 heteroatoms. The number of imide groups is 1. The van der Waals surface area contributed by atoms with E-state index in [2.05, 4.69) is 15.6 Å². The molecule has 0 fully saturated rings. The molecule has 3 amide bonds. The summed E-state index contributed by atoms with van der Waals surface area (Å²) in [6.45, 7) is 11.4. The van der Waals surface area contributed by atoms with Gasteiger partial charge in [-0.15, -0.1) is 0 Å². The van der Waals surface area contributed by atoms with Gasteiger partial charge in [-0.1, -0.05) is 31.2 Å². The highest BCUT2D eigenvalue weighted by molar-refractivity contribution is 7.91. The molecular weight excluding hydrogens is 731 g/mol. The normalized spacial score (nSPS) is 12.2. The van der Waals surface area contributed by atoms with Gasteiger partial charge in [0.15, 0.2) is 21.7 Å². The summed E-state index contributed by atoms with van der Waals surface area (Å²) in [5.74, 6) is -1.34. The Morgan fingerprint density at radius 2 is 1.51 bits per heavy atom. The lowest BCUT2D eigenvalue weighted by Crippen LogP contribution is -2.44. The summed E-state index contributed by atoms with van der Waals surface area (Å²) in [6.07, 6.45) is -1.04. The predicted octanol–water partition coefficient (Wildman–Crippen LogP) is 7.61. The number of benzene rings is 3. The van der Waals surface area contributed by atoms with Crippen LogP contribution in [0.5, 0.6) is 0 Å². The third-order valence-electron chi connectivity index (χ3n) is 7.66. The predicted molar refractivity (Wildman–Crippen MR) is 205 cm³/mol. The van der Waals surface area contributed by atoms with Crippen molar-refractivity contribution in [1.29, 1.82) is 5.26 Å². The Bertz CT molecular complexity index is 2210. The Morgan fingerprint density at radius 3 is 2.07 bits per heavy atom. The number of carboxylic acid groups (broad SMARTS) is 1. The smallest absolute Gasteiger partial charge is 0.425 e. The number of sulfone groups is 1. The molecule has 0 saturated heterocycles. The summed E-state index contributed by atoms with van der Waals surface area (Å²) in [7, 11) is -3.62. The highest BCUT2D eigenvalue weighted by Crippen LogP contribution is 2.31. The van der Waals surface area contributed by atoms with Crippen LogP contribution in [0.15, 0.2) is 77.8 Å². The number of fused-ring (bicyclic) bond motifs is 1. The van der Waals surface area contributed by atoms with Crippen LogP contribution >= 0.6 is 0 Å². The van der Waals surface area contributed by atoms with Gasteiger partial charge in [0.05, 0.1) is 22.8 Å². The van der Waals surface area contributed by atoms with Crippen molar-refractivity contribution in [1.82, 2.24) is 4.98 Å². The van der Waals surface area contributed by atoms with Crippen molar-refractivity contribution in [2.75, 3.05) is 27.9 Å². The van der Waals surface area contributed by atoms with Crippen LogP contribution in [-0.4, -0.2) is 66.3 Å². The van der Waals surface area contributed by atoms with Gasteiger partial charge in [-0.25, -0.2) is 32.6 Å². The molecule has 1 atom stereocenters. The minimum Gasteiger partial charge on any atom is -0.479 e. The standard InChI is InChI=1S/C39H43N5O10S/c1-8-55(50,51)31-16-14-29(22-27(31)23-40)43-35(47)52-20-18-24-9-11-25(12-10-24)32(34(45)46)42-28-13-15-30-26(21-28)17-19-41-33(30)44(36(48)53-38(2,3)4)37(49)54-39(5,6)7/h9-17,19,21-22,32,42H,8,18,20H2,1-7H3,(H,43,47)(H,45,46). The van der Waals surface area contributed by atoms with Gasteiger partial charge in [-0.2, -0.15) is 10.2 Å². The fourth-order valence-electron chi connectivity index (χ4n) is 5.16. The van der Waals surface area contributed by atoms with Crippen LogP contribution in [0.4, 0.5) is 31.6 Å². The average molecular weight is 774 g/mol. The first-order chi connectivity index (χ1) is 25.7. The number of carbonyl (C=O) groups excluding carboxylic acids is 3. The third-order valence-corrected chi connectivity index (χ3v) is 9.45. The molecule has 4 aromatic rings. The summed E-state index contributed by atoms with van der Waals surface area (Å²) in [4.78, 5) is 56.2. The fraction of sp³-hybridized carbons (Fsp3) is 0.333. The van der Waals surface area contributed by atoms with E-state index in [1.54, 1.807) is 90.1 Å². The largest absolute Gasteiger partial charge is 0.479 e. The monoisotopic (exact) mass is 773 g/mol. The zero-order valence-corrected chi connectivity index (χ0v) is 32.3. The Labute approximate surface area is 319 Å². The van der Waals surface area contributed by atoms with Gasteiger partial charge in [0.2, 0.25) is 0 Å². The quantitative estimate of drug-likeness (QED) is 0.125. The Hall–Kier alpha value is -6.21. The molecule has 3 N–H and O–H groups in total. The first-order valence-corrected chi connectivity index (χ1v) is 18.8. The molecule has 290 valence electrons. The van der Waals surface area contributed by atoms with Crippen molar-refractivity contribution in [3.05, 3.63) is 89.6 Å². The first kappa shape index (κ1) is 41.5. The molecule has 0 aliphatic carbocycles. The van der Waals surface area contributed by atoms with Crippen molar-refractivity contribution in [3.8, 4) is 6.07 Å². The second-order valence-electron chi connectivity index (χ2n) is 14.3. The van der Waals surface area contributed by atoms with Crippen LogP contribution in [0.2, 0.25) is 0 Å². The van der Waals surface area contributed by atoms with Crippen molar-refractivity contribution in [3.63, 3.8) is 0 Å². The molecule has 1 aromatic heterocycles. The summed E-state index contributed by atoms with van der Waals surface area (Å²) in [5.41, 5.74) is -0.109. The van der Waals surface area contributed by atoms with Crippen LogP contribution in [0.3, 0.4) is 0 Å². The zero-order valence-electron chi connectivity index (χ0n) is 31.5. The van der Waals surface area contributed by atoms with E-state index in [1.807, 2.05) is 6.07 Å². The van der Waals surface area contributed by atoms with Gasteiger partial charge in [0.25, 0.3) is 0 Å². The molecule has 0 bridgehead atoms. The fourth-order valence-corrected chi connectivity index (χ4v) is 6.19. The van der Waals surface area contributed by atoms with Crippen LogP contribution in [0, 0.1) is 11.3 Å². The molecule has 0 saturated carbocycles. The number of aliphatic carboxylic acids is 1. The molecule has 0 aliphatic heterocycles. The molecule has 1 heterocycles. The first-order valence-electron chi connectivity index (χ1n) is 17.1. The number of nitrogens with one attached hydrogen (secondary N) is 2.